The molecule has 2 aromatic rings. The first-order valence-corrected chi connectivity index (χ1v) is 5.96. The highest BCUT2D eigenvalue weighted by molar-refractivity contribution is 7.99. The zero-order valence-corrected chi connectivity index (χ0v) is 10.2. The van der Waals surface area contributed by atoms with Gasteiger partial charge in [0.1, 0.15) is 5.03 Å². The maximum absolute atomic E-state index is 10.9. The molecule has 0 aliphatic carbocycles. The van der Waals surface area contributed by atoms with Crippen molar-refractivity contribution in [2.24, 2.45) is 0 Å². The SMILES string of the molecule is O=C([O-])c1cccnc1Sc1ccccc1Cl. The van der Waals surface area contributed by atoms with Gasteiger partial charge in [0.2, 0.25) is 0 Å². The van der Waals surface area contributed by atoms with Crippen LogP contribution in [-0.2, 0) is 0 Å². The van der Waals surface area contributed by atoms with E-state index in [2.05, 4.69) is 4.98 Å². The van der Waals surface area contributed by atoms with Crippen molar-refractivity contribution in [3.8, 4) is 0 Å². The summed E-state index contributed by atoms with van der Waals surface area (Å²) in [4.78, 5) is 15.7. The van der Waals surface area contributed by atoms with Gasteiger partial charge in [0.25, 0.3) is 0 Å². The predicted molar refractivity (Wildman–Crippen MR) is 64.1 cm³/mol. The number of rotatable bonds is 3. The van der Waals surface area contributed by atoms with Gasteiger partial charge in [0.05, 0.1) is 11.0 Å². The Morgan fingerprint density at radius 2 is 2.00 bits per heavy atom. The molecule has 1 heterocycles. The number of hydrogen-bond acceptors (Lipinski definition) is 4. The number of halogens is 1. The van der Waals surface area contributed by atoms with Gasteiger partial charge in [-0.15, -0.1) is 0 Å². The minimum Gasteiger partial charge on any atom is -0.545 e. The summed E-state index contributed by atoms with van der Waals surface area (Å²) < 4.78 is 0. The lowest BCUT2D eigenvalue weighted by atomic mass is 10.3. The van der Waals surface area contributed by atoms with E-state index in [1.165, 1.54) is 24.0 Å². The van der Waals surface area contributed by atoms with Crippen molar-refractivity contribution in [1.29, 1.82) is 0 Å². The second-order valence-corrected chi connectivity index (χ2v) is 4.61. The van der Waals surface area contributed by atoms with Crippen molar-refractivity contribution in [2.45, 2.75) is 9.92 Å². The van der Waals surface area contributed by atoms with Crippen LogP contribution in [0.5, 0.6) is 0 Å². The molecule has 0 fully saturated rings. The molecule has 0 unspecified atom stereocenters. The van der Waals surface area contributed by atoms with Crippen LogP contribution in [-0.4, -0.2) is 11.0 Å². The Morgan fingerprint density at radius 3 is 2.71 bits per heavy atom. The summed E-state index contributed by atoms with van der Waals surface area (Å²) >= 11 is 7.20. The normalized spacial score (nSPS) is 10.2. The number of carboxylic acid groups (broad SMARTS) is 1. The fraction of sp³-hybridized carbons (Fsp3) is 0. The number of nitrogens with zero attached hydrogens (tertiary/aromatic N) is 1. The van der Waals surface area contributed by atoms with E-state index in [-0.39, 0.29) is 5.56 Å². The molecule has 0 bridgehead atoms. The molecule has 0 saturated carbocycles. The number of hydrogen-bond donors (Lipinski definition) is 0. The Morgan fingerprint density at radius 1 is 1.24 bits per heavy atom. The van der Waals surface area contributed by atoms with Gasteiger partial charge in [-0.3, -0.25) is 0 Å². The van der Waals surface area contributed by atoms with Crippen LogP contribution in [0.2, 0.25) is 5.02 Å². The van der Waals surface area contributed by atoms with Crippen LogP contribution < -0.4 is 5.11 Å². The molecule has 5 heteroatoms. The van der Waals surface area contributed by atoms with E-state index < -0.39 is 5.97 Å². The van der Waals surface area contributed by atoms with Gasteiger partial charge in [-0.1, -0.05) is 35.5 Å². The van der Waals surface area contributed by atoms with Gasteiger partial charge in [-0.05, 0) is 24.3 Å². The van der Waals surface area contributed by atoms with E-state index in [9.17, 15) is 9.90 Å². The highest BCUT2D eigenvalue weighted by Crippen LogP contribution is 2.33. The number of aromatic carboxylic acids is 1. The second-order valence-electron chi connectivity index (χ2n) is 3.18. The molecular weight excluding hydrogens is 258 g/mol. The highest BCUT2D eigenvalue weighted by Gasteiger charge is 2.08. The number of carbonyl (C=O) groups excluding carboxylic acids is 1. The van der Waals surface area contributed by atoms with Crippen molar-refractivity contribution < 1.29 is 9.90 Å². The zero-order chi connectivity index (χ0) is 12.3. The molecule has 0 saturated heterocycles. The Labute approximate surface area is 107 Å². The van der Waals surface area contributed by atoms with Gasteiger partial charge < -0.3 is 9.90 Å². The van der Waals surface area contributed by atoms with E-state index >= 15 is 0 Å². The molecule has 0 atom stereocenters. The number of carboxylic acids is 1. The van der Waals surface area contributed by atoms with Crippen LogP contribution in [0.1, 0.15) is 10.4 Å². The summed E-state index contributed by atoms with van der Waals surface area (Å²) in [7, 11) is 0. The van der Waals surface area contributed by atoms with Gasteiger partial charge >= 0.3 is 0 Å². The largest absolute Gasteiger partial charge is 0.545 e. The van der Waals surface area contributed by atoms with E-state index in [1.807, 2.05) is 12.1 Å². The fourth-order valence-electron chi connectivity index (χ4n) is 1.26. The van der Waals surface area contributed by atoms with E-state index in [1.54, 1.807) is 18.2 Å². The molecule has 0 radical (unpaired) electrons. The maximum atomic E-state index is 10.9. The predicted octanol–water partition coefficient (Wildman–Crippen LogP) is 2.25. The fourth-order valence-corrected chi connectivity index (χ4v) is 2.41. The van der Waals surface area contributed by atoms with E-state index in [0.717, 1.165) is 4.90 Å². The summed E-state index contributed by atoms with van der Waals surface area (Å²) in [6.07, 6.45) is 1.53. The van der Waals surface area contributed by atoms with Crippen LogP contribution in [0.3, 0.4) is 0 Å². The lowest BCUT2D eigenvalue weighted by Gasteiger charge is -2.09. The quantitative estimate of drug-likeness (QED) is 0.853. The van der Waals surface area contributed by atoms with Crippen molar-refractivity contribution in [3.63, 3.8) is 0 Å². The van der Waals surface area contributed by atoms with Crippen LogP contribution in [0, 0.1) is 0 Å². The molecule has 0 N–H and O–H groups in total. The average Bonchev–Trinajstić information content (AvgIpc) is 2.32. The summed E-state index contributed by atoms with van der Waals surface area (Å²) in [5.74, 6) is -1.24. The highest BCUT2D eigenvalue weighted by atomic mass is 35.5. The van der Waals surface area contributed by atoms with Crippen LogP contribution in [0.4, 0.5) is 0 Å². The van der Waals surface area contributed by atoms with Crippen molar-refractivity contribution in [3.05, 3.63) is 53.2 Å². The lowest BCUT2D eigenvalue weighted by molar-refractivity contribution is -0.255. The van der Waals surface area contributed by atoms with Crippen molar-refractivity contribution in [2.75, 3.05) is 0 Å². The molecule has 0 amide bonds. The first-order chi connectivity index (χ1) is 8.18. The molecular formula is C12H7ClNO2S-. The monoisotopic (exact) mass is 264 g/mol. The molecule has 0 spiro atoms. The Balaban J connectivity index is 2.37. The van der Waals surface area contributed by atoms with Gasteiger partial charge in [0.15, 0.2) is 0 Å². The number of benzene rings is 1. The van der Waals surface area contributed by atoms with Crippen LogP contribution in [0.25, 0.3) is 0 Å². The number of aromatic nitrogens is 1. The zero-order valence-electron chi connectivity index (χ0n) is 8.59. The van der Waals surface area contributed by atoms with E-state index in [4.69, 9.17) is 11.6 Å². The Bertz CT molecular complexity index is 560. The third-order valence-electron chi connectivity index (χ3n) is 2.03. The summed E-state index contributed by atoms with van der Waals surface area (Å²) in [5.41, 5.74) is 0.0671. The minimum absolute atomic E-state index is 0.0671. The van der Waals surface area contributed by atoms with Gasteiger partial charge in [-0.2, -0.15) is 0 Å². The molecule has 3 nitrogen and oxygen atoms in total. The van der Waals surface area contributed by atoms with Gasteiger partial charge in [0, 0.05) is 16.7 Å². The van der Waals surface area contributed by atoms with Crippen molar-refractivity contribution in [1.82, 2.24) is 4.98 Å². The number of pyridine rings is 1. The van der Waals surface area contributed by atoms with Crippen molar-refractivity contribution >= 4 is 29.3 Å². The third kappa shape index (κ3) is 2.78. The number of carbonyl (C=O) groups is 1. The minimum atomic E-state index is -1.24. The Hall–Kier alpha value is -1.52. The maximum Gasteiger partial charge on any atom is 0.110 e. The standard InChI is InChI=1S/C12H8ClNO2S/c13-9-5-1-2-6-10(9)17-11-8(12(15)16)4-3-7-14-11/h1-7H,(H,15,16)/p-1. The molecule has 1 aromatic heterocycles. The third-order valence-corrected chi connectivity index (χ3v) is 3.57. The molecule has 1 aromatic carbocycles. The van der Waals surface area contributed by atoms with Gasteiger partial charge in [-0.25, -0.2) is 4.98 Å². The Kier molecular flexibility index (Phi) is 3.66. The molecule has 2 rings (SSSR count). The molecule has 86 valence electrons. The summed E-state index contributed by atoms with van der Waals surface area (Å²) in [5, 5.41) is 11.8. The smallest absolute Gasteiger partial charge is 0.110 e. The lowest BCUT2D eigenvalue weighted by Crippen LogP contribution is -2.23. The average molecular weight is 265 g/mol. The van der Waals surface area contributed by atoms with Crippen LogP contribution >= 0.6 is 23.4 Å². The molecule has 0 aliphatic heterocycles. The summed E-state index contributed by atoms with van der Waals surface area (Å²) in [6.45, 7) is 0. The first-order valence-electron chi connectivity index (χ1n) is 4.77. The molecule has 0 aliphatic rings. The second kappa shape index (κ2) is 5.21. The topological polar surface area (TPSA) is 53.0 Å². The van der Waals surface area contributed by atoms with Crippen LogP contribution in [0.15, 0.2) is 52.5 Å². The first kappa shape index (κ1) is 12.0. The molecule has 17 heavy (non-hydrogen) atoms. The summed E-state index contributed by atoms with van der Waals surface area (Å²) in [6, 6.07) is 10.2. The van der Waals surface area contributed by atoms with E-state index in [0.29, 0.717) is 10.0 Å².